The van der Waals surface area contributed by atoms with E-state index in [4.69, 9.17) is 5.73 Å². The average Bonchev–Trinajstić information content (AvgIpc) is 2.73. The van der Waals surface area contributed by atoms with Gasteiger partial charge in [-0.05, 0) is 18.6 Å². The molecule has 0 radical (unpaired) electrons. The van der Waals surface area contributed by atoms with E-state index in [1.807, 2.05) is 37.5 Å². The Kier molecular flexibility index (Phi) is 2.71. The van der Waals surface area contributed by atoms with Crippen molar-refractivity contribution in [3.8, 4) is 11.3 Å². The van der Waals surface area contributed by atoms with E-state index in [-0.39, 0.29) is 0 Å². The van der Waals surface area contributed by atoms with Crippen molar-refractivity contribution in [1.29, 1.82) is 0 Å². The van der Waals surface area contributed by atoms with Crippen LogP contribution in [0.3, 0.4) is 0 Å². The molecular formula is C15H16N4. The average molecular weight is 252 g/mol. The van der Waals surface area contributed by atoms with E-state index in [1.54, 1.807) is 4.68 Å². The molecule has 0 aliphatic rings. The summed E-state index contributed by atoms with van der Waals surface area (Å²) in [6, 6.07) is 10.1. The quantitative estimate of drug-likeness (QED) is 0.763. The van der Waals surface area contributed by atoms with Gasteiger partial charge in [0.15, 0.2) is 0 Å². The van der Waals surface area contributed by atoms with Gasteiger partial charge < -0.3 is 5.73 Å². The number of anilines is 1. The van der Waals surface area contributed by atoms with Crippen LogP contribution in [0.1, 0.15) is 12.5 Å². The molecule has 3 aromatic rings. The van der Waals surface area contributed by atoms with Gasteiger partial charge in [0.2, 0.25) is 0 Å². The second-order valence-corrected chi connectivity index (χ2v) is 4.57. The van der Waals surface area contributed by atoms with Crippen molar-refractivity contribution in [3.05, 3.63) is 42.1 Å². The Hall–Kier alpha value is -2.36. The molecular weight excluding hydrogens is 236 g/mol. The van der Waals surface area contributed by atoms with E-state index in [0.717, 1.165) is 40.0 Å². The molecule has 0 aliphatic heterocycles. The van der Waals surface area contributed by atoms with Crippen molar-refractivity contribution >= 4 is 16.7 Å². The number of rotatable bonds is 2. The SMILES string of the molecule is CCc1c(-c2ccnc3ccccc23)nn(C)c1N. The predicted octanol–water partition coefficient (Wildman–Crippen LogP) is 2.78. The highest BCUT2D eigenvalue weighted by Gasteiger charge is 2.15. The van der Waals surface area contributed by atoms with Crippen LogP contribution in [0.15, 0.2) is 36.5 Å². The van der Waals surface area contributed by atoms with Crippen LogP contribution in [-0.4, -0.2) is 14.8 Å². The molecule has 0 bridgehead atoms. The highest BCUT2D eigenvalue weighted by molar-refractivity contribution is 5.94. The lowest BCUT2D eigenvalue weighted by Crippen LogP contribution is -1.98. The fraction of sp³-hybridized carbons (Fsp3) is 0.200. The van der Waals surface area contributed by atoms with Crippen molar-refractivity contribution < 1.29 is 0 Å². The van der Waals surface area contributed by atoms with Crippen molar-refractivity contribution in [1.82, 2.24) is 14.8 Å². The maximum Gasteiger partial charge on any atom is 0.125 e. The van der Waals surface area contributed by atoms with E-state index < -0.39 is 0 Å². The fourth-order valence-electron chi connectivity index (χ4n) is 2.45. The smallest absolute Gasteiger partial charge is 0.125 e. The second-order valence-electron chi connectivity index (χ2n) is 4.57. The Morgan fingerprint density at radius 1 is 1.21 bits per heavy atom. The molecule has 0 saturated heterocycles. The van der Waals surface area contributed by atoms with E-state index in [1.165, 1.54) is 0 Å². The van der Waals surface area contributed by atoms with Crippen LogP contribution in [0.4, 0.5) is 5.82 Å². The topological polar surface area (TPSA) is 56.7 Å². The van der Waals surface area contributed by atoms with Crippen LogP contribution in [-0.2, 0) is 13.5 Å². The van der Waals surface area contributed by atoms with Gasteiger partial charge in [-0.15, -0.1) is 0 Å². The molecule has 96 valence electrons. The van der Waals surface area contributed by atoms with Crippen LogP contribution >= 0.6 is 0 Å². The minimum absolute atomic E-state index is 0.735. The summed E-state index contributed by atoms with van der Waals surface area (Å²) in [5.41, 5.74) is 10.2. The molecule has 0 aliphatic carbocycles. The molecule has 4 nitrogen and oxygen atoms in total. The van der Waals surface area contributed by atoms with Crippen LogP contribution in [0, 0.1) is 0 Å². The number of fused-ring (bicyclic) bond motifs is 1. The van der Waals surface area contributed by atoms with Gasteiger partial charge in [-0.3, -0.25) is 9.67 Å². The summed E-state index contributed by atoms with van der Waals surface area (Å²) in [4.78, 5) is 4.39. The zero-order chi connectivity index (χ0) is 13.4. The number of aromatic nitrogens is 3. The summed E-state index contributed by atoms with van der Waals surface area (Å²) in [6.45, 7) is 2.10. The lowest BCUT2D eigenvalue weighted by molar-refractivity contribution is 0.782. The van der Waals surface area contributed by atoms with Crippen molar-refractivity contribution in [2.45, 2.75) is 13.3 Å². The minimum atomic E-state index is 0.735. The number of benzene rings is 1. The lowest BCUT2D eigenvalue weighted by Gasteiger charge is -2.05. The third kappa shape index (κ3) is 1.76. The monoisotopic (exact) mass is 252 g/mol. The summed E-state index contributed by atoms with van der Waals surface area (Å²) >= 11 is 0. The molecule has 2 heterocycles. The van der Waals surface area contributed by atoms with Gasteiger partial charge in [0.1, 0.15) is 5.82 Å². The van der Waals surface area contributed by atoms with Gasteiger partial charge >= 0.3 is 0 Å². The molecule has 0 unspecified atom stereocenters. The van der Waals surface area contributed by atoms with Crippen molar-refractivity contribution in [3.63, 3.8) is 0 Å². The van der Waals surface area contributed by atoms with Crippen LogP contribution in [0.2, 0.25) is 0 Å². The van der Waals surface area contributed by atoms with Crippen LogP contribution in [0.25, 0.3) is 22.2 Å². The van der Waals surface area contributed by atoms with Crippen LogP contribution < -0.4 is 5.73 Å². The molecule has 0 amide bonds. The Balaban J connectivity index is 2.33. The Bertz CT molecular complexity index is 738. The van der Waals surface area contributed by atoms with Gasteiger partial charge in [0, 0.05) is 29.8 Å². The number of hydrogen-bond donors (Lipinski definition) is 1. The first-order valence-electron chi connectivity index (χ1n) is 6.37. The Morgan fingerprint density at radius 3 is 2.79 bits per heavy atom. The highest BCUT2D eigenvalue weighted by Crippen LogP contribution is 2.31. The molecule has 19 heavy (non-hydrogen) atoms. The zero-order valence-corrected chi connectivity index (χ0v) is 11.1. The molecule has 4 heteroatoms. The largest absolute Gasteiger partial charge is 0.384 e. The minimum Gasteiger partial charge on any atom is -0.384 e. The summed E-state index contributed by atoms with van der Waals surface area (Å²) in [7, 11) is 1.88. The molecule has 0 atom stereocenters. The molecule has 2 aromatic heterocycles. The first kappa shape index (κ1) is 11.7. The fourth-order valence-corrected chi connectivity index (χ4v) is 2.45. The molecule has 0 saturated carbocycles. The van der Waals surface area contributed by atoms with E-state index in [9.17, 15) is 0 Å². The van der Waals surface area contributed by atoms with E-state index in [2.05, 4.69) is 23.1 Å². The summed E-state index contributed by atoms with van der Waals surface area (Å²) in [5, 5.41) is 5.67. The van der Waals surface area contributed by atoms with Crippen molar-refractivity contribution in [2.75, 3.05) is 5.73 Å². The predicted molar refractivity (Wildman–Crippen MR) is 77.7 cm³/mol. The molecule has 1 aromatic carbocycles. The van der Waals surface area contributed by atoms with Gasteiger partial charge in [-0.25, -0.2) is 0 Å². The summed E-state index contributed by atoms with van der Waals surface area (Å²) < 4.78 is 1.74. The van der Waals surface area contributed by atoms with Gasteiger partial charge in [0.25, 0.3) is 0 Å². The molecule has 0 fully saturated rings. The second kappa shape index (κ2) is 4.39. The number of hydrogen-bond acceptors (Lipinski definition) is 3. The molecule has 0 spiro atoms. The Labute approximate surface area is 111 Å². The normalized spacial score (nSPS) is 11.1. The highest BCUT2D eigenvalue weighted by atomic mass is 15.3. The number of para-hydroxylation sites is 1. The summed E-state index contributed by atoms with van der Waals surface area (Å²) in [6.07, 6.45) is 2.69. The third-order valence-corrected chi connectivity index (χ3v) is 3.45. The first-order chi connectivity index (χ1) is 9.22. The maximum absolute atomic E-state index is 6.08. The molecule has 3 rings (SSSR count). The lowest BCUT2D eigenvalue weighted by atomic mass is 10.0. The Morgan fingerprint density at radius 2 is 2.00 bits per heavy atom. The third-order valence-electron chi connectivity index (χ3n) is 3.45. The van der Waals surface area contributed by atoms with Gasteiger partial charge in [0.05, 0.1) is 11.2 Å². The first-order valence-corrected chi connectivity index (χ1v) is 6.37. The standard InChI is InChI=1S/C15H16N4/c1-3-10-14(18-19(2)15(10)16)12-8-9-17-13-7-5-4-6-11(12)13/h4-9H,3,16H2,1-2H3. The number of nitrogen functional groups attached to an aromatic ring is 1. The van der Waals surface area contributed by atoms with E-state index >= 15 is 0 Å². The molecule has 2 N–H and O–H groups in total. The van der Waals surface area contributed by atoms with Crippen LogP contribution in [0.5, 0.6) is 0 Å². The number of nitrogens with zero attached hydrogens (tertiary/aromatic N) is 3. The number of nitrogens with two attached hydrogens (primary N) is 1. The number of pyridine rings is 1. The van der Waals surface area contributed by atoms with Gasteiger partial charge in [-0.2, -0.15) is 5.10 Å². The van der Waals surface area contributed by atoms with Gasteiger partial charge in [-0.1, -0.05) is 25.1 Å². The van der Waals surface area contributed by atoms with Crippen molar-refractivity contribution in [2.24, 2.45) is 7.05 Å². The number of aryl methyl sites for hydroxylation is 1. The maximum atomic E-state index is 6.08. The summed E-state index contributed by atoms with van der Waals surface area (Å²) in [5.74, 6) is 0.735. The van der Waals surface area contributed by atoms with E-state index in [0.29, 0.717) is 0 Å². The zero-order valence-electron chi connectivity index (χ0n) is 11.1.